The van der Waals surface area contributed by atoms with Crippen molar-refractivity contribution in [2.24, 2.45) is 0 Å². The summed E-state index contributed by atoms with van der Waals surface area (Å²) in [6.07, 6.45) is 8.76. The first-order valence-corrected chi connectivity index (χ1v) is 8.41. The molecule has 3 heteroatoms. The van der Waals surface area contributed by atoms with Gasteiger partial charge in [0.25, 0.3) is 0 Å². The van der Waals surface area contributed by atoms with Gasteiger partial charge in [0.15, 0.2) is 0 Å². The predicted molar refractivity (Wildman–Crippen MR) is 87.3 cm³/mol. The van der Waals surface area contributed by atoms with Gasteiger partial charge in [-0.1, -0.05) is 25.3 Å². The van der Waals surface area contributed by atoms with Crippen LogP contribution in [0.25, 0.3) is 0 Å². The highest BCUT2D eigenvalue weighted by molar-refractivity contribution is 5.18. The van der Waals surface area contributed by atoms with Gasteiger partial charge < -0.3 is 5.32 Å². The zero-order valence-electron chi connectivity index (χ0n) is 13.8. The Morgan fingerprint density at radius 3 is 2.71 bits per heavy atom. The van der Waals surface area contributed by atoms with Gasteiger partial charge in [-0.15, -0.1) is 0 Å². The van der Waals surface area contributed by atoms with E-state index in [4.69, 9.17) is 0 Å². The van der Waals surface area contributed by atoms with Crippen molar-refractivity contribution in [3.8, 4) is 0 Å². The molecule has 1 saturated heterocycles. The van der Waals surface area contributed by atoms with Crippen molar-refractivity contribution in [3.05, 3.63) is 29.6 Å². The molecule has 1 spiro atoms. The maximum absolute atomic E-state index is 4.64. The highest BCUT2D eigenvalue weighted by atomic mass is 15.3. The van der Waals surface area contributed by atoms with Crippen LogP contribution in [0, 0.1) is 6.92 Å². The fourth-order valence-corrected chi connectivity index (χ4v) is 4.01. The fourth-order valence-electron chi connectivity index (χ4n) is 4.01. The number of aryl methyl sites for hydroxylation is 1. The summed E-state index contributed by atoms with van der Waals surface area (Å²) in [5.74, 6) is 0. The molecule has 116 valence electrons. The Hall–Kier alpha value is -0.930. The molecule has 1 saturated carbocycles. The number of aromatic nitrogens is 1. The monoisotopic (exact) mass is 287 g/mol. The fraction of sp³-hybridized carbons (Fsp3) is 0.722. The van der Waals surface area contributed by atoms with Crippen LogP contribution in [0.15, 0.2) is 18.3 Å². The van der Waals surface area contributed by atoms with Crippen molar-refractivity contribution in [1.82, 2.24) is 15.2 Å². The molecule has 0 bridgehead atoms. The van der Waals surface area contributed by atoms with Crippen LogP contribution >= 0.6 is 0 Å². The SMILES string of the molecule is Cc1cccnc1CN1CC(C)(C)NCC12CCCCC2. The van der Waals surface area contributed by atoms with Gasteiger partial charge in [-0.2, -0.15) is 0 Å². The van der Waals surface area contributed by atoms with Crippen LogP contribution in [-0.2, 0) is 6.54 Å². The van der Waals surface area contributed by atoms with E-state index in [0.29, 0.717) is 5.54 Å². The summed E-state index contributed by atoms with van der Waals surface area (Å²) < 4.78 is 0. The Morgan fingerprint density at radius 2 is 2.00 bits per heavy atom. The van der Waals surface area contributed by atoms with Crippen LogP contribution in [0.2, 0.25) is 0 Å². The Morgan fingerprint density at radius 1 is 1.24 bits per heavy atom. The second kappa shape index (κ2) is 5.69. The zero-order chi connectivity index (χ0) is 14.9. The molecule has 2 aliphatic rings. The molecule has 3 nitrogen and oxygen atoms in total. The second-order valence-electron chi connectivity index (χ2n) is 7.65. The average molecular weight is 287 g/mol. The third kappa shape index (κ3) is 3.14. The van der Waals surface area contributed by atoms with E-state index in [1.54, 1.807) is 0 Å². The predicted octanol–water partition coefficient (Wildman–Crippen LogP) is 3.28. The summed E-state index contributed by atoms with van der Waals surface area (Å²) in [4.78, 5) is 7.37. The van der Waals surface area contributed by atoms with E-state index in [1.807, 2.05) is 12.3 Å². The van der Waals surface area contributed by atoms with E-state index in [1.165, 1.54) is 43.4 Å². The van der Waals surface area contributed by atoms with Crippen LogP contribution in [0.5, 0.6) is 0 Å². The van der Waals surface area contributed by atoms with Gasteiger partial charge in [-0.25, -0.2) is 0 Å². The van der Waals surface area contributed by atoms with Gasteiger partial charge in [-0.3, -0.25) is 9.88 Å². The van der Waals surface area contributed by atoms with E-state index in [9.17, 15) is 0 Å². The molecular weight excluding hydrogens is 258 g/mol. The van der Waals surface area contributed by atoms with Crippen LogP contribution in [0.1, 0.15) is 57.2 Å². The molecule has 0 aromatic carbocycles. The van der Waals surface area contributed by atoms with Crippen LogP contribution in [-0.4, -0.2) is 34.1 Å². The molecule has 1 aliphatic heterocycles. The number of hydrogen-bond donors (Lipinski definition) is 1. The molecule has 0 atom stereocenters. The minimum Gasteiger partial charge on any atom is -0.309 e. The largest absolute Gasteiger partial charge is 0.309 e. The molecule has 1 aromatic heterocycles. The van der Waals surface area contributed by atoms with Crippen molar-refractivity contribution in [1.29, 1.82) is 0 Å². The minimum absolute atomic E-state index is 0.200. The highest BCUT2D eigenvalue weighted by Gasteiger charge is 2.44. The van der Waals surface area contributed by atoms with Crippen LogP contribution in [0.4, 0.5) is 0 Å². The number of piperazine rings is 1. The van der Waals surface area contributed by atoms with Gasteiger partial charge in [0.1, 0.15) is 0 Å². The number of nitrogens with one attached hydrogen (secondary N) is 1. The van der Waals surface area contributed by atoms with E-state index in [-0.39, 0.29) is 5.54 Å². The summed E-state index contributed by atoms with van der Waals surface area (Å²) >= 11 is 0. The molecular formula is C18H29N3. The maximum Gasteiger partial charge on any atom is 0.0573 e. The normalized spacial score (nSPS) is 25.1. The number of pyridine rings is 1. The number of rotatable bonds is 2. The molecule has 21 heavy (non-hydrogen) atoms. The lowest BCUT2D eigenvalue weighted by Gasteiger charge is -2.54. The van der Waals surface area contributed by atoms with Crippen molar-refractivity contribution in [3.63, 3.8) is 0 Å². The summed E-state index contributed by atoms with van der Waals surface area (Å²) in [7, 11) is 0. The van der Waals surface area contributed by atoms with Gasteiger partial charge in [0, 0.05) is 36.9 Å². The molecule has 0 radical (unpaired) electrons. The molecule has 0 amide bonds. The summed E-state index contributed by atoms with van der Waals surface area (Å²) in [5, 5.41) is 3.79. The molecule has 2 heterocycles. The Balaban J connectivity index is 1.85. The van der Waals surface area contributed by atoms with Crippen LogP contribution < -0.4 is 5.32 Å². The van der Waals surface area contributed by atoms with E-state index in [2.05, 4.69) is 42.0 Å². The molecule has 1 aliphatic carbocycles. The maximum atomic E-state index is 4.64. The standard InChI is InChI=1S/C18H29N3/c1-15-8-7-11-19-16(15)12-21-14-17(2,3)20-13-18(21)9-5-4-6-10-18/h7-8,11,20H,4-6,9-10,12-14H2,1-3H3. The Kier molecular flexibility index (Phi) is 4.06. The first-order valence-electron chi connectivity index (χ1n) is 8.41. The topological polar surface area (TPSA) is 28.2 Å². The van der Waals surface area contributed by atoms with E-state index >= 15 is 0 Å². The van der Waals surface area contributed by atoms with Gasteiger partial charge in [0.2, 0.25) is 0 Å². The second-order valence-corrected chi connectivity index (χ2v) is 7.65. The number of nitrogens with zero attached hydrogens (tertiary/aromatic N) is 2. The number of hydrogen-bond acceptors (Lipinski definition) is 3. The van der Waals surface area contributed by atoms with Crippen molar-refractivity contribution in [2.45, 2.75) is 70.5 Å². The summed E-state index contributed by atoms with van der Waals surface area (Å²) in [6.45, 7) is 10.1. The highest BCUT2D eigenvalue weighted by Crippen LogP contribution is 2.37. The first kappa shape index (κ1) is 15.0. The van der Waals surface area contributed by atoms with E-state index < -0.39 is 0 Å². The molecule has 2 fully saturated rings. The van der Waals surface area contributed by atoms with Crippen molar-refractivity contribution >= 4 is 0 Å². The third-order valence-corrected chi connectivity index (χ3v) is 5.40. The first-order chi connectivity index (χ1) is 10.0. The van der Waals surface area contributed by atoms with Gasteiger partial charge >= 0.3 is 0 Å². The smallest absolute Gasteiger partial charge is 0.0573 e. The van der Waals surface area contributed by atoms with Crippen LogP contribution in [0.3, 0.4) is 0 Å². The lowest BCUT2D eigenvalue weighted by atomic mass is 9.76. The van der Waals surface area contributed by atoms with Gasteiger partial charge in [-0.05, 0) is 45.2 Å². The zero-order valence-corrected chi connectivity index (χ0v) is 13.8. The Labute approximate surface area is 129 Å². The summed E-state index contributed by atoms with van der Waals surface area (Å²) in [5.41, 5.74) is 3.13. The Bertz CT molecular complexity index is 489. The summed E-state index contributed by atoms with van der Waals surface area (Å²) in [6, 6.07) is 4.22. The molecule has 0 unspecified atom stereocenters. The molecule has 1 N–H and O–H groups in total. The minimum atomic E-state index is 0.200. The van der Waals surface area contributed by atoms with Crippen molar-refractivity contribution in [2.75, 3.05) is 13.1 Å². The van der Waals surface area contributed by atoms with Gasteiger partial charge in [0.05, 0.1) is 5.69 Å². The average Bonchev–Trinajstić information content (AvgIpc) is 2.47. The van der Waals surface area contributed by atoms with E-state index in [0.717, 1.165) is 19.6 Å². The molecule has 3 rings (SSSR count). The quantitative estimate of drug-likeness (QED) is 0.905. The lowest BCUT2D eigenvalue weighted by molar-refractivity contribution is -0.0170. The lowest BCUT2D eigenvalue weighted by Crippen LogP contribution is -2.68. The third-order valence-electron chi connectivity index (χ3n) is 5.40. The molecule has 1 aromatic rings. The van der Waals surface area contributed by atoms with Crippen molar-refractivity contribution < 1.29 is 0 Å².